The first kappa shape index (κ1) is 11.0. The molecule has 0 rings (SSSR count). The van der Waals surface area contributed by atoms with E-state index in [1.807, 2.05) is 0 Å². The topological polar surface area (TPSA) is 63.6 Å². The highest BCUT2D eigenvalue weighted by Gasteiger charge is 2.09. The molecule has 67 valence electrons. The molecule has 12 heavy (non-hydrogen) atoms. The minimum Gasteiger partial charge on any atom is -0.394 e. The first-order valence-electron chi connectivity index (χ1n) is 3.48. The van der Waals surface area contributed by atoms with Gasteiger partial charge in [0.2, 0.25) is 6.29 Å². The predicted octanol–water partition coefficient (Wildman–Crippen LogP) is -0.381. The number of ether oxygens (including phenoxy) is 1. The van der Waals surface area contributed by atoms with Crippen LogP contribution in [0.3, 0.4) is 0 Å². The summed E-state index contributed by atoms with van der Waals surface area (Å²) in [4.78, 5) is 20.2. The SMILES string of the molecule is CC(=CC=O)C([C]=O)OCCO. The maximum Gasteiger partial charge on any atom is 0.234 e. The monoisotopic (exact) mass is 171 g/mol. The largest absolute Gasteiger partial charge is 0.394 e. The van der Waals surface area contributed by atoms with Gasteiger partial charge in [0, 0.05) is 0 Å². The number of aliphatic hydroxyl groups is 1. The molecule has 0 aliphatic carbocycles. The fraction of sp³-hybridized carbons (Fsp3) is 0.500. The number of hydrogen-bond acceptors (Lipinski definition) is 4. The van der Waals surface area contributed by atoms with Crippen LogP contribution in [0.2, 0.25) is 0 Å². The predicted molar refractivity (Wildman–Crippen MR) is 42.3 cm³/mol. The van der Waals surface area contributed by atoms with Gasteiger partial charge in [0.15, 0.2) is 0 Å². The van der Waals surface area contributed by atoms with Crippen LogP contribution in [-0.2, 0) is 14.3 Å². The van der Waals surface area contributed by atoms with Gasteiger partial charge >= 0.3 is 0 Å². The molecule has 0 aliphatic rings. The Bertz CT molecular complexity index is 174. The molecular formula is C8H11O4. The molecule has 4 nitrogen and oxygen atoms in total. The molecule has 0 bridgehead atoms. The molecule has 1 radical (unpaired) electrons. The van der Waals surface area contributed by atoms with Gasteiger partial charge in [0.25, 0.3) is 0 Å². The molecule has 0 aromatic rings. The lowest BCUT2D eigenvalue weighted by Gasteiger charge is -2.09. The first-order valence-corrected chi connectivity index (χ1v) is 3.48. The summed E-state index contributed by atoms with van der Waals surface area (Å²) in [6.07, 6.45) is 2.57. The molecule has 4 heteroatoms. The smallest absolute Gasteiger partial charge is 0.234 e. The Labute approximate surface area is 70.8 Å². The van der Waals surface area contributed by atoms with Crippen LogP contribution in [-0.4, -0.2) is 37.0 Å². The van der Waals surface area contributed by atoms with Gasteiger partial charge in [0.05, 0.1) is 13.2 Å². The summed E-state index contributed by atoms with van der Waals surface area (Å²) < 4.78 is 4.85. The standard InChI is InChI=1S/C8H11O4/c1-7(2-3-9)8(6-11)12-5-4-10/h2-3,8,10H,4-5H2,1H3. The number of hydrogen-bond donors (Lipinski definition) is 1. The molecule has 0 saturated carbocycles. The van der Waals surface area contributed by atoms with Crippen LogP contribution in [0.1, 0.15) is 6.92 Å². The minimum atomic E-state index is -0.845. The van der Waals surface area contributed by atoms with Gasteiger partial charge in [-0.15, -0.1) is 0 Å². The van der Waals surface area contributed by atoms with Crippen LogP contribution in [0.25, 0.3) is 0 Å². The van der Waals surface area contributed by atoms with Gasteiger partial charge in [-0.1, -0.05) is 0 Å². The van der Waals surface area contributed by atoms with E-state index in [1.165, 1.54) is 6.08 Å². The molecule has 0 heterocycles. The van der Waals surface area contributed by atoms with Crippen LogP contribution in [0.15, 0.2) is 11.6 Å². The van der Waals surface area contributed by atoms with Crippen molar-refractivity contribution in [2.45, 2.75) is 13.0 Å². The Kier molecular flexibility index (Phi) is 6.14. The van der Waals surface area contributed by atoms with Crippen LogP contribution >= 0.6 is 0 Å². The zero-order valence-corrected chi connectivity index (χ0v) is 6.82. The maximum absolute atomic E-state index is 10.2. The second-order valence-electron chi connectivity index (χ2n) is 2.14. The number of rotatable bonds is 6. The Morgan fingerprint density at radius 3 is 2.83 bits per heavy atom. The summed E-state index contributed by atoms with van der Waals surface area (Å²) in [5.74, 6) is 0. The third-order valence-electron chi connectivity index (χ3n) is 1.23. The number of carbonyl (C=O) groups is 1. The number of aliphatic hydroxyl groups excluding tert-OH is 1. The van der Waals surface area contributed by atoms with Gasteiger partial charge in [-0.3, -0.25) is 9.59 Å². The molecule has 0 aliphatic heterocycles. The van der Waals surface area contributed by atoms with Crippen LogP contribution < -0.4 is 0 Å². The normalized spacial score (nSPS) is 14.0. The molecule has 0 amide bonds. The van der Waals surface area contributed by atoms with Crippen molar-refractivity contribution in [3.63, 3.8) is 0 Å². The summed E-state index contributed by atoms with van der Waals surface area (Å²) in [7, 11) is 0. The molecule has 0 saturated heterocycles. The van der Waals surface area contributed by atoms with Gasteiger partial charge < -0.3 is 9.84 Å². The van der Waals surface area contributed by atoms with Crippen molar-refractivity contribution in [3.8, 4) is 0 Å². The fourth-order valence-corrected chi connectivity index (χ4v) is 0.624. The Morgan fingerprint density at radius 2 is 2.42 bits per heavy atom. The molecule has 0 fully saturated rings. The number of carbonyl (C=O) groups excluding carboxylic acids is 2. The van der Waals surface area contributed by atoms with Crippen molar-refractivity contribution in [1.82, 2.24) is 0 Å². The van der Waals surface area contributed by atoms with Gasteiger partial charge in [-0.25, -0.2) is 0 Å². The van der Waals surface area contributed by atoms with E-state index in [0.29, 0.717) is 11.9 Å². The average Bonchev–Trinajstić information content (AvgIpc) is 2.06. The fourth-order valence-electron chi connectivity index (χ4n) is 0.624. The quantitative estimate of drug-likeness (QED) is 0.437. The molecule has 1 atom stereocenters. The van der Waals surface area contributed by atoms with Crippen LogP contribution in [0.5, 0.6) is 0 Å². The van der Waals surface area contributed by atoms with E-state index in [2.05, 4.69) is 0 Å². The summed E-state index contributed by atoms with van der Waals surface area (Å²) in [6.45, 7) is 1.48. The van der Waals surface area contributed by atoms with Crippen molar-refractivity contribution in [2.24, 2.45) is 0 Å². The highest BCUT2D eigenvalue weighted by Crippen LogP contribution is 2.02. The Hall–Kier alpha value is -1.00. The summed E-state index contributed by atoms with van der Waals surface area (Å²) in [5.41, 5.74) is 0.480. The molecule has 0 spiro atoms. The van der Waals surface area contributed by atoms with Crippen molar-refractivity contribution in [3.05, 3.63) is 11.6 Å². The van der Waals surface area contributed by atoms with E-state index in [9.17, 15) is 9.59 Å². The Morgan fingerprint density at radius 1 is 1.75 bits per heavy atom. The van der Waals surface area contributed by atoms with E-state index in [1.54, 1.807) is 13.2 Å². The van der Waals surface area contributed by atoms with Crippen LogP contribution in [0.4, 0.5) is 0 Å². The van der Waals surface area contributed by atoms with Crippen molar-refractivity contribution in [2.75, 3.05) is 13.2 Å². The van der Waals surface area contributed by atoms with E-state index >= 15 is 0 Å². The third kappa shape index (κ3) is 4.00. The lowest BCUT2D eigenvalue weighted by molar-refractivity contribution is -0.104. The average molecular weight is 171 g/mol. The number of aldehydes is 1. The second kappa shape index (κ2) is 6.69. The molecular weight excluding hydrogens is 160 g/mol. The lowest BCUT2D eigenvalue weighted by Crippen LogP contribution is -2.18. The summed E-state index contributed by atoms with van der Waals surface area (Å²) in [5, 5.41) is 8.38. The van der Waals surface area contributed by atoms with Crippen LogP contribution in [0, 0.1) is 0 Å². The summed E-state index contributed by atoms with van der Waals surface area (Å²) in [6, 6.07) is 0. The highest BCUT2D eigenvalue weighted by atomic mass is 16.5. The van der Waals surface area contributed by atoms with E-state index in [4.69, 9.17) is 9.84 Å². The van der Waals surface area contributed by atoms with Gasteiger partial charge in [-0.2, -0.15) is 0 Å². The highest BCUT2D eigenvalue weighted by molar-refractivity contribution is 5.70. The van der Waals surface area contributed by atoms with Crippen molar-refractivity contribution in [1.29, 1.82) is 0 Å². The summed E-state index contributed by atoms with van der Waals surface area (Å²) >= 11 is 0. The maximum atomic E-state index is 10.2. The van der Waals surface area contributed by atoms with Crippen molar-refractivity contribution >= 4 is 12.6 Å². The van der Waals surface area contributed by atoms with E-state index in [0.717, 1.165) is 0 Å². The zero-order valence-electron chi connectivity index (χ0n) is 6.82. The first-order chi connectivity index (χ1) is 5.76. The second-order valence-corrected chi connectivity index (χ2v) is 2.14. The van der Waals surface area contributed by atoms with Crippen molar-refractivity contribution < 1.29 is 19.4 Å². The third-order valence-corrected chi connectivity index (χ3v) is 1.23. The van der Waals surface area contributed by atoms with Gasteiger partial charge in [0.1, 0.15) is 12.4 Å². The zero-order chi connectivity index (χ0) is 9.40. The molecule has 0 aromatic heterocycles. The lowest BCUT2D eigenvalue weighted by atomic mass is 10.2. The minimum absolute atomic E-state index is 0.0595. The molecule has 1 N–H and O–H groups in total. The van der Waals surface area contributed by atoms with E-state index in [-0.39, 0.29) is 13.2 Å². The van der Waals surface area contributed by atoms with Gasteiger partial charge in [-0.05, 0) is 18.6 Å². The number of allylic oxidation sites excluding steroid dienone is 1. The Balaban J connectivity index is 4.04. The van der Waals surface area contributed by atoms with E-state index < -0.39 is 6.10 Å². The molecule has 0 aromatic carbocycles. The molecule has 1 unspecified atom stereocenters.